The summed E-state index contributed by atoms with van der Waals surface area (Å²) in [6.45, 7) is -0.970. The molecule has 1 aliphatic heterocycles. The number of β-amino-alcohol motifs (C(OH)–C–C–N with tert-alkyl or cyclic N) is 1. The van der Waals surface area contributed by atoms with Crippen LogP contribution in [0, 0.1) is 11.3 Å². The lowest BCUT2D eigenvalue weighted by Gasteiger charge is -2.31. The van der Waals surface area contributed by atoms with E-state index in [1.807, 2.05) is 11.0 Å². The molecule has 2 rings (SSSR count). The van der Waals surface area contributed by atoms with Crippen molar-refractivity contribution in [3.05, 3.63) is 29.8 Å². The van der Waals surface area contributed by atoms with Gasteiger partial charge in [-0.3, -0.25) is 4.90 Å². The standard InChI is InChI=1S/C14H16F2N2O3/c15-14(16)21-11-3-1-10(2-4-11)13(19)9-18-5-6-20-12(7-17)8-18/h1-4,12-14,19H,5-6,8-9H2. The van der Waals surface area contributed by atoms with Crippen LogP contribution >= 0.6 is 0 Å². The molecule has 2 unspecified atom stereocenters. The Morgan fingerprint density at radius 1 is 1.43 bits per heavy atom. The first-order chi connectivity index (χ1) is 10.1. The minimum absolute atomic E-state index is 0.0527. The molecule has 1 fully saturated rings. The lowest BCUT2D eigenvalue weighted by atomic mass is 10.1. The topological polar surface area (TPSA) is 65.7 Å². The summed E-state index contributed by atoms with van der Waals surface area (Å²) in [6, 6.07) is 7.91. The Labute approximate surface area is 121 Å². The zero-order valence-electron chi connectivity index (χ0n) is 11.3. The first-order valence-electron chi connectivity index (χ1n) is 6.55. The Bertz CT molecular complexity index is 490. The van der Waals surface area contributed by atoms with Gasteiger partial charge in [-0.1, -0.05) is 12.1 Å². The van der Waals surface area contributed by atoms with E-state index in [9.17, 15) is 13.9 Å². The van der Waals surface area contributed by atoms with E-state index in [0.29, 0.717) is 31.8 Å². The SMILES string of the molecule is N#CC1CN(CC(O)c2ccc(OC(F)F)cc2)CCO1. The summed E-state index contributed by atoms with van der Waals surface area (Å²) in [5, 5.41) is 19.0. The molecule has 7 heteroatoms. The number of nitrogens with zero attached hydrogens (tertiary/aromatic N) is 2. The molecule has 1 aromatic carbocycles. The van der Waals surface area contributed by atoms with Gasteiger partial charge >= 0.3 is 6.61 Å². The van der Waals surface area contributed by atoms with Gasteiger partial charge in [-0.15, -0.1) is 0 Å². The summed E-state index contributed by atoms with van der Waals surface area (Å²) in [4.78, 5) is 1.94. The highest BCUT2D eigenvalue weighted by molar-refractivity contribution is 5.28. The summed E-state index contributed by atoms with van der Waals surface area (Å²) in [7, 11) is 0. The zero-order chi connectivity index (χ0) is 15.2. The first kappa shape index (κ1) is 15.6. The second-order valence-corrected chi connectivity index (χ2v) is 4.71. The molecule has 2 atom stereocenters. The Morgan fingerprint density at radius 3 is 2.76 bits per heavy atom. The highest BCUT2D eigenvalue weighted by Crippen LogP contribution is 2.20. The summed E-state index contributed by atoms with van der Waals surface area (Å²) < 4.78 is 33.6. The van der Waals surface area contributed by atoms with Gasteiger partial charge in [-0.25, -0.2) is 0 Å². The van der Waals surface area contributed by atoms with Gasteiger partial charge in [0.15, 0.2) is 6.10 Å². The van der Waals surface area contributed by atoms with Gasteiger partial charge in [0.2, 0.25) is 0 Å². The maximum Gasteiger partial charge on any atom is 0.387 e. The van der Waals surface area contributed by atoms with Gasteiger partial charge in [-0.05, 0) is 17.7 Å². The number of hydrogen-bond donors (Lipinski definition) is 1. The highest BCUT2D eigenvalue weighted by atomic mass is 19.3. The Hall–Kier alpha value is -1.75. The van der Waals surface area contributed by atoms with E-state index in [1.54, 1.807) is 12.1 Å². The fourth-order valence-corrected chi connectivity index (χ4v) is 2.17. The number of nitriles is 1. The fraction of sp³-hybridized carbons (Fsp3) is 0.500. The van der Waals surface area contributed by atoms with Gasteiger partial charge in [-0.2, -0.15) is 14.0 Å². The van der Waals surface area contributed by atoms with Crippen molar-refractivity contribution in [2.24, 2.45) is 0 Å². The van der Waals surface area contributed by atoms with Gasteiger partial charge in [0.05, 0.1) is 18.8 Å². The van der Waals surface area contributed by atoms with Crippen molar-refractivity contribution in [3.8, 4) is 11.8 Å². The van der Waals surface area contributed by atoms with Crippen molar-refractivity contribution in [3.63, 3.8) is 0 Å². The van der Waals surface area contributed by atoms with Gasteiger partial charge in [0.25, 0.3) is 0 Å². The maximum absolute atomic E-state index is 12.0. The molecule has 0 aliphatic carbocycles. The van der Waals surface area contributed by atoms with Crippen molar-refractivity contribution < 1.29 is 23.4 Å². The van der Waals surface area contributed by atoms with Crippen LogP contribution in [-0.4, -0.2) is 49.0 Å². The van der Waals surface area contributed by atoms with Crippen molar-refractivity contribution in [1.82, 2.24) is 4.90 Å². The number of morpholine rings is 1. The van der Waals surface area contributed by atoms with Crippen LogP contribution in [0.4, 0.5) is 8.78 Å². The zero-order valence-corrected chi connectivity index (χ0v) is 11.3. The Morgan fingerprint density at radius 2 is 2.14 bits per heavy atom. The largest absolute Gasteiger partial charge is 0.435 e. The molecule has 1 aliphatic rings. The molecule has 1 aromatic rings. The number of ether oxygens (including phenoxy) is 2. The number of halogens is 2. The van der Waals surface area contributed by atoms with Crippen molar-refractivity contribution in [2.45, 2.75) is 18.8 Å². The predicted molar refractivity (Wildman–Crippen MR) is 69.8 cm³/mol. The lowest BCUT2D eigenvalue weighted by molar-refractivity contribution is -0.0498. The maximum atomic E-state index is 12.0. The third-order valence-electron chi connectivity index (χ3n) is 3.22. The van der Waals surface area contributed by atoms with Crippen molar-refractivity contribution in [1.29, 1.82) is 5.26 Å². The summed E-state index contributed by atoms with van der Waals surface area (Å²) >= 11 is 0. The van der Waals surface area contributed by atoms with Gasteiger partial charge < -0.3 is 14.6 Å². The summed E-state index contributed by atoms with van der Waals surface area (Å²) in [5.74, 6) is 0.0527. The minimum atomic E-state index is -2.86. The number of hydrogen-bond acceptors (Lipinski definition) is 5. The molecule has 1 saturated heterocycles. The van der Waals surface area contributed by atoms with E-state index in [2.05, 4.69) is 4.74 Å². The molecule has 1 N–H and O–H groups in total. The van der Waals surface area contributed by atoms with Crippen LogP contribution in [0.15, 0.2) is 24.3 Å². The first-order valence-corrected chi connectivity index (χ1v) is 6.55. The molecule has 0 saturated carbocycles. The fourth-order valence-electron chi connectivity index (χ4n) is 2.17. The van der Waals surface area contributed by atoms with Crippen LogP contribution in [0.5, 0.6) is 5.75 Å². The van der Waals surface area contributed by atoms with Crippen molar-refractivity contribution in [2.75, 3.05) is 26.2 Å². The second kappa shape index (κ2) is 7.31. The van der Waals surface area contributed by atoms with E-state index in [-0.39, 0.29) is 5.75 Å². The normalized spacial score (nSPS) is 21.0. The van der Waals surface area contributed by atoms with E-state index >= 15 is 0 Å². The molecular formula is C14H16F2N2O3. The molecule has 0 aromatic heterocycles. The van der Waals surface area contributed by atoms with E-state index in [4.69, 9.17) is 10.00 Å². The number of aliphatic hydroxyl groups excluding tert-OH is 1. The Balaban J connectivity index is 1.90. The average molecular weight is 298 g/mol. The third kappa shape index (κ3) is 4.63. The summed E-state index contributed by atoms with van der Waals surface area (Å²) in [5.41, 5.74) is 0.608. The lowest BCUT2D eigenvalue weighted by Crippen LogP contribution is -2.43. The number of alkyl halides is 2. The molecule has 5 nitrogen and oxygen atoms in total. The van der Waals surface area contributed by atoms with Crippen LogP contribution in [0.2, 0.25) is 0 Å². The Kier molecular flexibility index (Phi) is 5.44. The highest BCUT2D eigenvalue weighted by Gasteiger charge is 2.22. The average Bonchev–Trinajstić information content (AvgIpc) is 2.47. The second-order valence-electron chi connectivity index (χ2n) is 4.71. The molecule has 0 bridgehead atoms. The third-order valence-corrected chi connectivity index (χ3v) is 3.22. The van der Waals surface area contributed by atoms with Crippen LogP contribution in [0.25, 0.3) is 0 Å². The molecule has 114 valence electrons. The monoisotopic (exact) mass is 298 g/mol. The van der Waals surface area contributed by atoms with Gasteiger partial charge in [0.1, 0.15) is 5.75 Å². The molecule has 1 heterocycles. The predicted octanol–water partition coefficient (Wildman–Crippen LogP) is 1.55. The van der Waals surface area contributed by atoms with Crippen LogP contribution in [0.1, 0.15) is 11.7 Å². The molecule has 0 amide bonds. The van der Waals surface area contributed by atoms with E-state index in [0.717, 1.165) is 0 Å². The smallest absolute Gasteiger partial charge is 0.387 e. The number of rotatable bonds is 5. The summed E-state index contributed by atoms with van der Waals surface area (Å²) in [6.07, 6.45) is -1.24. The van der Waals surface area contributed by atoms with Crippen LogP contribution < -0.4 is 4.74 Å². The van der Waals surface area contributed by atoms with E-state index in [1.165, 1.54) is 12.1 Å². The number of aliphatic hydroxyl groups is 1. The van der Waals surface area contributed by atoms with Crippen molar-refractivity contribution >= 4 is 0 Å². The molecular weight excluding hydrogens is 282 g/mol. The van der Waals surface area contributed by atoms with E-state index < -0.39 is 18.8 Å². The van der Waals surface area contributed by atoms with Gasteiger partial charge in [0, 0.05) is 19.6 Å². The molecule has 21 heavy (non-hydrogen) atoms. The molecule has 0 spiro atoms. The number of benzene rings is 1. The van der Waals surface area contributed by atoms with Crippen LogP contribution in [0.3, 0.4) is 0 Å². The molecule has 0 radical (unpaired) electrons. The minimum Gasteiger partial charge on any atom is -0.435 e. The quantitative estimate of drug-likeness (QED) is 0.893. The van der Waals surface area contributed by atoms with Crippen LogP contribution in [-0.2, 0) is 4.74 Å².